The van der Waals surface area contributed by atoms with Crippen molar-refractivity contribution in [3.63, 3.8) is 0 Å². The third-order valence-corrected chi connectivity index (χ3v) is 1.87. The summed E-state index contributed by atoms with van der Waals surface area (Å²) in [5.74, 6) is 0. The molecular formula is C10H13F3N2. The minimum Gasteiger partial charge on any atom is -0.309 e. The van der Waals surface area contributed by atoms with Crippen LogP contribution in [0.2, 0.25) is 0 Å². The largest absolute Gasteiger partial charge is 0.418 e. The molecule has 0 fully saturated rings. The van der Waals surface area contributed by atoms with Gasteiger partial charge in [0, 0.05) is 18.8 Å². The lowest BCUT2D eigenvalue weighted by Crippen LogP contribution is -2.24. The van der Waals surface area contributed by atoms with Gasteiger partial charge >= 0.3 is 6.18 Å². The van der Waals surface area contributed by atoms with E-state index in [2.05, 4.69) is 10.3 Å². The van der Waals surface area contributed by atoms with E-state index < -0.39 is 11.7 Å². The minimum atomic E-state index is -4.33. The summed E-state index contributed by atoms with van der Waals surface area (Å²) >= 11 is 0. The standard InChI is InChI=1S/C10H13F3N2/c1-7(2)15-6-9-8(10(11,12)13)4-3-5-14-9/h3-5,7,15H,6H2,1-2H3. The summed E-state index contributed by atoms with van der Waals surface area (Å²) in [6.07, 6.45) is -2.96. The summed E-state index contributed by atoms with van der Waals surface area (Å²) in [6, 6.07) is 2.47. The number of rotatable bonds is 3. The molecule has 15 heavy (non-hydrogen) atoms. The van der Waals surface area contributed by atoms with Gasteiger partial charge in [-0.15, -0.1) is 0 Å². The van der Waals surface area contributed by atoms with Gasteiger partial charge in [0.05, 0.1) is 11.3 Å². The van der Waals surface area contributed by atoms with Gasteiger partial charge in [0.2, 0.25) is 0 Å². The average molecular weight is 218 g/mol. The van der Waals surface area contributed by atoms with E-state index in [1.807, 2.05) is 13.8 Å². The van der Waals surface area contributed by atoms with Crippen LogP contribution in [0.3, 0.4) is 0 Å². The number of aromatic nitrogens is 1. The second kappa shape index (κ2) is 4.61. The molecule has 0 unspecified atom stereocenters. The fourth-order valence-electron chi connectivity index (χ4n) is 1.14. The van der Waals surface area contributed by atoms with Gasteiger partial charge < -0.3 is 5.32 Å². The maximum absolute atomic E-state index is 12.5. The Hall–Kier alpha value is -1.10. The van der Waals surface area contributed by atoms with Crippen LogP contribution in [0.15, 0.2) is 18.3 Å². The number of nitrogens with zero attached hydrogens (tertiary/aromatic N) is 1. The maximum atomic E-state index is 12.5. The average Bonchev–Trinajstić information content (AvgIpc) is 2.13. The molecule has 0 aliphatic heterocycles. The molecule has 0 aromatic carbocycles. The van der Waals surface area contributed by atoms with Gasteiger partial charge in [-0.1, -0.05) is 13.8 Å². The van der Waals surface area contributed by atoms with E-state index in [0.717, 1.165) is 6.07 Å². The third-order valence-electron chi connectivity index (χ3n) is 1.87. The summed E-state index contributed by atoms with van der Waals surface area (Å²) < 4.78 is 37.5. The summed E-state index contributed by atoms with van der Waals surface area (Å²) in [6.45, 7) is 3.87. The van der Waals surface area contributed by atoms with Crippen LogP contribution in [0.1, 0.15) is 25.1 Å². The molecule has 0 saturated heterocycles. The lowest BCUT2D eigenvalue weighted by molar-refractivity contribution is -0.138. The van der Waals surface area contributed by atoms with Crippen molar-refractivity contribution in [3.8, 4) is 0 Å². The Morgan fingerprint density at radius 1 is 1.40 bits per heavy atom. The zero-order valence-electron chi connectivity index (χ0n) is 8.60. The first-order valence-electron chi connectivity index (χ1n) is 4.65. The molecule has 0 atom stereocenters. The minimum absolute atomic E-state index is 0.0405. The molecule has 0 radical (unpaired) electrons. The van der Waals surface area contributed by atoms with Crippen LogP contribution in [0.4, 0.5) is 13.2 Å². The first kappa shape index (κ1) is 12.0. The molecule has 0 saturated carbocycles. The normalized spacial score (nSPS) is 12.1. The second-order valence-electron chi connectivity index (χ2n) is 3.53. The molecule has 1 N–H and O–H groups in total. The van der Waals surface area contributed by atoms with Gasteiger partial charge in [-0.3, -0.25) is 4.98 Å². The molecule has 1 heterocycles. The van der Waals surface area contributed by atoms with E-state index in [9.17, 15) is 13.2 Å². The van der Waals surface area contributed by atoms with Gasteiger partial charge in [-0.25, -0.2) is 0 Å². The highest BCUT2D eigenvalue weighted by Crippen LogP contribution is 2.30. The molecule has 5 heteroatoms. The smallest absolute Gasteiger partial charge is 0.309 e. The number of nitrogens with one attached hydrogen (secondary N) is 1. The summed E-state index contributed by atoms with van der Waals surface area (Å²) in [7, 11) is 0. The van der Waals surface area contributed by atoms with Gasteiger partial charge in [-0.05, 0) is 12.1 Å². The highest BCUT2D eigenvalue weighted by molar-refractivity contribution is 5.22. The topological polar surface area (TPSA) is 24.9 Å². The van der Waals surface area contributed by atoms with Crippen molar-refractivity contribution in [2.75, 3.05) is 0 Å². The highest BCUT2D eigenvalue weighted by atomic mass is 19.4. The molecule has 0 aliphatic carbocycles. The first-order valence-corrected chi connectivity index (χ1v) is 4.65. The van der Waals surface area contributed by atoms with Crippen LogP contribution in [0.25, 0.3) is 0 Å². The van der Waals surface area contributed by atoms with Gasteiger partial charge in [0.1, 0.15) is 0 Å². The fraction of sp³-hybridized carbons (Fsp3) is 0.500. The molecule has 0 spiro atoms. The number of alkyl halides is 3. The number of hydrogen-bond acceptors (Lipinski definition) is 2. The Morgan fingerprint density at radius 2 is 2.07 bits per heavy atom. The van der Waals surface area contributed by atoms with Crippen LogP contribution in [-0.2, 0) is 12.7 Å². The quantitative estimate of drug-likeness (QED) is 0.843. The van der Waals surface area contributed by atoms with Crippen molar-refractivity contribution >= 4 is 0 Å². The molecule has 1 aromatic rings. The Balaban J connectivity index is 2.87. The maximum Gasteiger partial charge on any atom is 0.418 e. The number of hydrogen-bond donors (Lipinski definition) is 1. The van der Waals surface area contributed by atoms with Gasteiger partial charge in [0.25, 0.3) is 0 Å². The number of pyridine rings is 1. The fourth-order valence-corrected chi connectivity index (χ4v) is 1.14. The van der Waals surface area contributed by atoms with Crippen molar-refractivity contribution in [2.45, 2.75) is 32.6 Å². The lowest BCUT2D eigenvalue weighted by atomic mass is 10.2. The molecule has 0 bridgehead atoms. The van der Waals surface area contributed by atoms with Crippen LogP contribution in [0, 0.1) is 0 Å². The molecule has 2 nitrogen and oxygen atoms in total. The molecule has 0 aliphatic rings. The van der Waals surface area contributed by atoms with E-state index in [-0.39, 0.29) is 18.3 Å². The van der Waals surface area contributed by atoms with Crippen LogP contribution < -0.4 is 5.32 Å². The SMILES string of the molecule is CC(C)NCc1ncccc1C(F)(F)F. The van der Waals surface area contributed by atoms with E-state index in [0.29, 0.717) is 0 Å². The van der Waals surface area contributed by atoms with Crippen molar-refractivity contribution in [3.05, 3.63) is 29.6 Å². The third kappa shape index (κ3) is 3.51. The van der Waals surface area contributed by atoms with Gasteiger partial charge in [-0.2, -0.15) is 13.2 Å². The monoisotopic (exact) mass is 218 g/mol. The molecular weight excluding hydrogens is 205 g/mol. The van der Waals surface area contributed by atoms with E-state index in [1.165, 1.54) is 12.3 Å². The Morgan fingerprint density at radius 3 is 2.60 bits per heavy atom. The molecule has 1 rings (SSSR count). The molecule has 0 amide bonds. The van der Waals surface area contributed by atoms with Crippen molar-refractivity contribution < 1.29 is 13.2 Å². The van der Waals surface area contributed by atoms with Crippen molar-refractivity contribution in [2.24, 2.45) is 0 Å². The predicted molar refractivity (Wildman–Crippen MR) is 51.2 cm³/mol. The van der Waals surface area contributed by atoms with Crippen LogP contribution in [-0.4, -0.2) is 11.0 Å². The Labute approximate surface area is 86.5 Å². The molecule has 84 valence electrons. The van der Waals surface area contributed by atoms with Gasteiger partial charge in [0.15, 0.2) is 0 Å². The Kier molecular flexibility index (Phi) is 3.68. The zero-order chi connectivity index (χ0) is 11.5. The van der Waals surface area contributed by atoms with Crippen molar-refractivity contribution in [1.82, 2.24) is 10.3 Å². The van der Waals surface area contributed by atoms with Crippen LogP contribution in [0.5, 0.6) is 0 Å². The van der Waals surface area contributed by atoms with Crippen molar-refractivity contribution in [1.29, 1.82) is 0 Å². The summed E-state index contributed by atoms with van der Waals surface area (Å²) in [5.41, 5.74) is -0.628. The van der Waals surface area contributed by atoms with Crippen LogP contribution >= 0.6 is 0 Å². The first-order chi connectivity index (χ1) is 6.91. The van der Waals surface area contributed by atoms with E-state index in [4.69, 9.17) is 0 Å². The summed E-state index contributed by atoms with van der Waals surface area (Å²) in [5, 5.41) is 2.91. The molecule has 1 aromatic heterocycles. The lowest BCUT2D eigenvalue weighted by Gasteiger charge is -2.13. The second-order valence-corrected chi connectivity index (χ2v) is 3.53. The van der Waals surface area contributed by atoms with E-state index in [1.54, 1.807) is 0 Å². The Bertz CT molecular complexity index is 321. The number of halogens is 3. The van der Waals surface area contributed by atoms with E-state index >= 15 is 0 Å². The highest BCUT2D eigenvalue weighted by Gasteiger charge is 2.33. The predicted octanol–water partition coefficient (Wildman–Crippen LogP) is 2.60. The zero-order valence-corrected chi connectivity index (χ0v) is 8.60. The summed E-state index contributed by atoms with van der Waals surface area (Å²) in [4.78, 5) is 3.73.